The van der Waals surface area contributed by atoms with Gasteiger partial charge in [-0.1, -0.05) is 0 Å². The number of carbonyl (C=O) groups is 4. The molecule has 19 heteroatoms. The molecule has 12 rings (SSSR count). The number of aromatic nitrogens is 4. The van der Waals surface area contributed by atoms with Gasteiger partial charge < -0.3 is 55.5 Å². The second-order valence-corrected chi connectivity index (χ2v) is 20.3. The molecular formula is C52H64N12O7. The molecule has 2 aromatic carbocycles. The first kappa shape index (κ1) is 46.9. The number of nitrogens with zero attached hydrogens (tertiary/aromatic N) is 7. The lowest BCUT2D eigenvalue weighted by molar-refractivity contribution is -0.142. The maximum absolute atomic E-state index is 13.8. The Labute approximate surface area is 413 Å². The molecule has 5 saturated carbocycles. The number of nitrogens with one attached hydrogen (secondary N) is 5. The van der Waals surface area contributed by atoms with E-state index >= 15 is 0 Å². The summed E-state index contributed by atoms with van der Waals surface area (Å²) >= 11 is 0. The van der Waals surface area contributed by atoms with Gasteiger partial charge in [-0.05, 0) is 120 Å². The van der Waals surface area contributed by atoms with Crippen LogP contribution in [-0.4, -0.2) is 145 Å². The molecule has 1 atom stereocenters. The minimum Gasteiger partial charge on any atom is -0.378 e. The highest BCUT2D eigenvalue weighted by atomic mass is 16.5. The molecule has 71 heavy (non-hydrogen) atoms. The van der Waals surface area contributed by atoms with Crippen LogP contribution in [0.4, 0.5) is 32.6 Å². The van der Waals surface area contributed by atoms with E-state index < -0.39 is 10.8 Å². The summed E-state index contributed by atoms with van der Waals surface area (Å²) in [5, 5.41) is 14.8. The lowest BCUT2D eigenvalue weighted by Gasteiger charge is -2.36. The monoisotopic (exact) mass is 969 g/mol. The summed E-state index contributed by atoms with van der Waals surface area (Å²) < 4.78 is 16.6. The fraction of sp³-hybridized carbons (Fsp3) is 0.538. The number of carbonyl (C=O) groups excluding carboxylic acids is 4. The van der Waals surface area contributed by atoms with E-state index in [0.29, 0.717) is 87.3 Å². The van der Waals surface area contributed by atoms with E-state index in [1.807, 2.05) is 72.5 Å². The zero-order chi connectivity index (χ0) is 48.5. The van der Waals surface area contributed by atoms with E-state index in [-0.39, 0.29) is 29.9 Å². The molecule has 8 fully saturated rings. The predicted octanol–water partition coefficient (Wildman–Crippen LogP) is 5.12. The van der Waals surface area contributed by atoms with Gasteiger partial charge in [0, 0.05) is 85.5 Å². The molecule has 374 valence electrons. The van der Waals surface area contributed by atoms with E-state index in [9.17, 15) is 19.2 Å². The number of benzene rings is 2. The lowest BCUT2D eigenvalue weighted by atomic mass is 9.98. The Kier molecular flexibility index (Phi) is 13.2. The van der Waals surface area contributed by atoms with Crippen molar-refractivity contribution in [3.8, 4) is 22.8 Å². The Hall–Kier alpha value is -6.44. The van der Waals surface area contributed by atoms with Crippen LogP contribution in [0.1, 0.15) is 82.5 Å². The molecular weight excluding hydrogens is 905 g/mol. The summed E-state index contributed by atoms with van der Waals surface area (Å²) in [7, 11) is 0. The van der Waals surface area contributed by atoms with Gasteiger partial charge in [-0.15, -0.1) is 0 Å². The number of urea groups is 2. The normalized spacial score (nSPS) is 22.0. The predicted molar refractivity (Wildman–Crippen MR) is 266 cm³/mol. The van der Waals surface area contributed by atoms with Crippen molar-refractivity contribution in [2.75, 3.05) is 92.8 Å². The third-order valence-corrected chi connectivity index (χ3v) is 14.6. The molecule has 2 aromatic heterocycles. The van der Waals surface area contributed by atoms with E-state index in [1.165, 1.54) is 0 Å². The second kappa shape index (κ2) is 20.0. The minimum atomic E-state index is -0.604. The van der Waals surface area contributed by atoms with Crippen molar-refractivity contribution >= 4 is 46.9 Å². The first-order chi connectivity index (χ1) is 34.6. The molecule has 5 heterocycles. The fourth-order valence-corrected chi connectivity index (χ4v) is 9.38. The average Bonchev–Trinajstić information content (AvgIpc) is 4.17. The maximum atomic E-state index is 13.8. The van der Waals surface area contributed by atoms with E-state index in [0.717, 1.165) is 125 Å². The lowest BCUT2D eigenvalue weighted by Crippen LogP contribution is -2.51. The van der Waals surface area contributed by atoms with Crippen LogP contribution in [0.2, 0.25) is 0 Å². The van der Waals surface area contributed by atoms with Crippen molar-refractivity contribution in [2.45, 2.75) is 106 Å². The molecule has 0 bridgehead atoms. The van der Waals surface area contributed by atoms with Gasteiger partial charge in [0.25, 0.3) is 0 Å². The highest BCUT2D eigenvalue weighted by Gasteiger charge is 2.56. The number of ether oxygens (including phenoxy) is 3. The Bertz CT molecular complexity index is 2600. The molecule has 0 unspecified atom stereocenters. The van der Waals surface area contributed by atoms with Crippen LogP contribution in [0, 0.1) is 0 Å². The van der Waals surface area contributed by atoms with Crippen molar-refractivity contribution in [1.82, 2.24) is 40.8 Å². The van der Waals surface area contributed by atoms with Crippen molar-refractivity contribution < 1.29 is 33.4 Å². The molecule has 3 aliphatic heterocycles. The maximum Gasteiger partial charge on any atom is 0.319 e. The van der Waals surface area contributed by atoms with Crippen LogP contribution >= 0.6 is 0 Å². The molecule has 5 aliphatic carbocycles. The summed E-state index contributed by atoms with van der Waals surface area (Å²) in [5.41, 5.74) is 3.54. The molecule has 6 amide bonds. The smallest absolute Gasteiger partial charge is 0.319 e. The van der Waals surface area contributed by atoms with Crippen molar-refractivity contribution in [2.24, 2.45) is 0 Å². The highest BCUT2D eigenvalue weighted by molar-refractivity contribution is 5.93. The first-order valence-electron chi connectivity index (χ1n) is 25.6. The van der Waals surface area contributed by atoms with E-state index in [4.69, 9.17) is 34.1 Å². The molecule has 8 aliphatic rings. The van der Waals surface area contributed by atoms with E-state index in [2.05, 4.69) is 36.4 Å². The van der Waals surface area contributed by atoms with Gasteiger partial charge >= 0.3 is 12.1 Å². The molecule has 0 spiro atoms. The van der Waals surface area contributed by atoms with Gasteiger partial charge in [0.2, 0.25) is 11.8 Å². The van der Waals surface area contributed by atoms with Gasteiger partial charge in [-0.2, -0.15) is 0 Å². The van der Waals surface area contributed by atoms with Crippen LogP contribution in [0.3, 0.4) is 0 Å². The standard InChI is InChI=1S/C27H34N6O4.C25H30N6O3/c1-18-17-37-15-12-33(18)25(34)27(8-9-27)22-16-23(32-10-13-36-14-11-32)31-24(30-22)19-2-4-20(5-3-19)28-26(35)29-21-6-7-21;32-23(26-17-5-6-17)25(9-10-25)20-15-21(31-11-13-34-14-12-31)30-22(29-20)16-1-3-18(4-2-16)27-24(33)28-19-7-8-19/h2-5,16,18,21H,6-15,17H2,1H3,(H2,28,29,35);1-4,15,17,19H,5-14H2,(H,26,32)(H2,27,28,33)/t18-;/m0./s1. The average molecular weight is 969 g/mol. The third-order valence-electron chi connectivity index (χ3n) is 14.6. The van der Waals surface area contributed by atoms with Crippen LogP contribution in [-0.2, 0) is 34.6 Å². The summed E-state index contributed by atoms with van der Waals surface area (Å²) in [6.45, 7) is 9.40. The zero-order valence-electron chi connectivity index (χ0n) is 40.4. The topological polar surface area (TPSA) is 217 Å². The van der Waals surface area contributed by atoms with Gasteiger partial charge in [0.15, 0.2) is 11.6 Å². The molecule has 19 nitrogen and oxygen atoms in total. The van der Waals surface area contributed by atoms with Crippen molar-refractivity contribution in [3.05, 3.63) is 72.1 Å². The largest absolute Gasteiger partial charge is 0.378 e. The Morgan fingerprint density at radius 1 is 0.535 bits per heavy atom. The minimum absolute atomic E-state index is 0.0518. The Morgan fingerprint density at radius 2 is 0.958 bits per heavy atom. The number of amides is 6. The number of rotatable bonds is 13. The molecule has 3 saturated heterocycles. The highest BCUT2D eigenvalue weighted by Crippen LogP contribution is 2.51. The van der Waals surface area contributed by atoms with Gasteiger partial charge in [0.05, 0.1) is 67.9 Å². The van der Waals surface area contributed by atoms with Crippen molar-refractivity contribution in [3.63, 3.8) is 0 Å². The van der Waals surface area contributed by atoms with Crippen LogP contribution in [0.25, 0.3) is 22.8 Å². The van der Waals surface area contributed by atoms with Crippen LogP contribution in [0.15, 0.2) is 60.7 Å². The second-order valence-electron chi connectivity index (χ2n) is 20.3. The van der Waals surface area contributed by atoms with Crippen molar-refractivity contribution in [1.29, 1.82) is 0 Å². The quantitative estimate of drug-likeness (QED) is 0.118. The summed E-state index contributed by atoms with van der Waals surface area (Å²) in [5.74, 6) is 3.07. The third kappa shape index (κ3) is 11.1. The van der Waals surface area contributed by atoms with Gasteiger partial charge in [0.1, 0.15) is 11.6 Å². The molecule has 5 N–H and O–H groups in total. The first-order valence-corrected chi connectivity index (χ1v) is 25.6. The summed E-state index contributed by atoms with van der Waals surface area (Å²) in [6.07, 6.45) is 9.50. The molecule has 0 radical (unpaired) electrons. The fourth-order valence-electron chi connectivity index (χ4n) is 9.38. The Balaban J connectivity index is 0.000000155. The van der Waals surface area contributed by atoms with Gasteiger partial charge in [-0.3, -0.25) is 9.59 Å². The van der Waals surface area contributed by atoms with Crippen LogP contribution < -0.4 is 36.4 Å². The zero-order valence-corrected chi connectivity index (χ0v) is 40.4. The number of anilines is 4. The SMILES string of the molecule is C[C@H]1COCCN1C(=O)C1(c2cc(N3CCOCC3)nc(-c3ccc(NC(=O)NC4CC4)cc3)n2)CC1.O=C(Nc1ccc(-c2nc(N3CCOCC3)cc(C3(C(=O)NC4CC4)CC3)n2)cc1)NC1CC1. The number of hydrogen-bond acceptors (Lipinski definition) is 13. The van der Waals surface area contributed by atoms with Crippen LogP contribution in [0.5, 0.6) is 0 Å². The Morgan fingerprint density at radius 3 is 1.38 bits per heavy atom. The van der Waals surface area contributed by atoms with E-state index in [1.54, 1.807) is 0 Å². The summed E-state index contributed by atoms with van der Waals surface area (Å²) in [4.78, 5) is 77.0. The molecule has 4 aromatic rings. The number of morpholine rings is 3. The summed E-state index contributed by atoms with van der Waals surface area (Å²) in [6, 6.07) is 19.7. The van der Waals surface area contributed by atoms with Gasteiger partial charge in [-0.25, -0.2) is 29.5 Å². The number of hydrogen-bond donors (Lipinski definition) is 5.